The van der Waals surface area contributed by atoms with Crippen molar-refractivity contribution in [2.24, 2.45) is 0 Å². The topological polar surface area (TPSA) is 105 Å². The summed E-state index contributed by atoms with van der Waals surface area (Å²) in [7, 11) is 0. The summed E-state index contributed by atoms with van der Waals surface area (Å²) in [6, 6.07) is 16.1. The number of nitrogens with one attached hydrogen (secondary N) is 2. The summed E-state index contributed by atoms with van der Waals surface area (Å²) < 4.78 is 0.897. The second-order valence-corrected chi connectivity index (χ2v) is 7.32. The van der Waals surface area contributed by atoms with Gasteiger partial charge in [0.2, 0.25) is 5.95 Å². The first-order chi connectivity index (χ1) is 13.7. The van der Waals surface area contributed by atoms with Gasteiger partial charge in [0, 0.05) is 40.0 Å². The molecule has 5 rings (SSSR count). The number of pyridine rings is 1. The molecule has 2 aromatic carbocycles. The van der Waals surface area contributed by atoms with Crippen LogP contribution in [0.2, 0.25) is 0 Å². The highest BCUT2D eigenvalue weighted by Gasteiger charge is 2.13. The normalized spacial score (nSPS) is 11.2. The van der Waals surface area contributed by atoms with Crippen LogP contribution in [-0.2, 0) is 0 Å². The molecule has 0 fully saturated rings. The highest BCUT2D eigenvalue weighted by Crippen LogP contribution is 2.34. The standard InChI is InChI=1S/C20H14IN7/c21-19-15-9-13(25-17-5-6-23-20(22)26-17)8-14(18(15)27-28-19)12-7-11-3-1-2-4-16(11)24-10-12/h1-10H,(H,27,28)(H3,22,23,25,26). The minimum absolute atomic E-state index is 0.225. The Labute approximate surface area is 173 Å². The molecule has 3 aromatic heterocycles. The third-order valence-corrected chi connectivity index (χ3v) is 5.30. The Kier molecular flexibility index (Phi) is 4.05. The van der Waals surface area contributed by atoms with Crippen LogP contribution < -0.4 is 11.1 Å². The van der Waals surface area contributed by atoms with E-state index in [4.69, 9.17) is 5.73 Å². The van der Waals surface area contributed by atoms with Gasteiger partial charge in [-0.25, -0.2) is 4.98 Å². The van der Waals surface area contributed by atoms with E-state index in [0.29, 0.717) is 5.82 Å². The van der Waals surface area contributed by atoms with Gasteiger partial charge in [0.15, 0.2) is 0 Å². The minimum Gasteiger partial charge on any atom is -0.368 e. The van der Waals surface area contributed by atoms with Gasteiger partial charge in [-0.15, -0.1) is 0 Å². The molecule has 136 valence electrons. The maximum Gasteiger partial charge on any atom is 0.221 e. The predicted octanol–water partition coefficient (Wildman–Crippen LogP) is 4.50. The monoisotopic (exact) mass is 479 g/mol. The number of nitrogens with zero attached hydrogens (tertiary/aromatic N) is 4. The Bertz CT molecular complexity index is 1330. The summed E-state index contributed by atoms with van der Waals surface area (Å²) in [6.07, 6.45) is 3.51. The fourth-order valence-corrected chi connectivity index (χ4v) is 3.75. The molecule has 3 heterocycles. The highest BCUT2D eigenvalue weighted by molar-refractivity contribution is 14.1. The number of rotatable bonds is 3. The quantitative estimate of drug-likeness (QED) is 0.329. The zero-order valence-electron chi connectivity index (χ0n) is 14.5. The first-order valence-electron chi connectivity index (χ1n) is 8.56. The minimum atomic E-state index is 0.225. The van der Waals surface area contributed by atoms with Crippen molar-refractivity contribution in [2.75, 3.05) is 11.1 Å². The fraction of sp³-hybridized carbons (Fsp3) is 0. The van der Waals surface area contributed by atoms with Crippen LogP contribution in [0, 0.1) is 3.70 Å². The van der Waals surface area contributed by atoms with Gasteiger partial charge < -0.3 is 11.1 Å². The first kappa shape index (κ1) is 16.9. The molecular formula is C20H14IN7. The second kappa shape index (κ2) is 6.71. The number of anilines is 3. The van der Waals surface area contributed by atoms with Gasteiger partial charge in [-0.05, 0) is 52.9 Å². The van der Waals surface area contributed by atoms with Crippen LogP contribution in [-0.4, -0.2) is 25.1 Å². The van der Waals surface area contributed by atoms with E-state index in [1.165, 1.54) is 0 Å². The Morgan fingerprint density at radius 1 is 1.04 bits per heavy atom. The van der Waals surface area contributed by atoms with Gasteiger partial charge in [-0.3, -0.25) is 10.1 Å². The molecule has 0 amide bonds. The molecule has 28 heavy (non-hydrogen) atoms. The number of H-pyrrole nitrogens is 1. The Hall–Kier alpha value is -3.27. The van der Waals surface area contributed by atoms with Gasteiger partial charge >= 0.3 is 0 Å². The highest BCUT2D eigenvalue weighted by atomic mass is 127. The average Bonchev–Trinajstić information content (AvgIpc) is 3.08. The van der Waals surface area contributed by atoms with Gasteiger partial charge in [0.05, 0.1) is 11.0 Å². The van der Waals surface area contributed by atoms with Crippen molar-refractivity contribution in [3.63, 3.8) is 0 Å². The van der Waals surface area contributed by atoms with Gasteiger partial charge in [-0.1, -0.05) is 18.2 Å². The van der Waals surface area contributed by atoms with Crippen LogP contribution in [0.3, 0.4) is 0 Å². The third kappa shape index (κ3) is 3.01. The van der Waals surface area contributed by atoms with Crippen LogP contribution >= 0.6 is 22.6 Å². The average molecular weight is 479 g/mol. The van der Waals surface area contributed by atoms with Crippen molar-refractivity contribution in [3.05, 3.63) is 64.6 Å². The smallest absolute Gasteiger partial charge is 0.221 e. The van der Waals surface area contributed by atoms with Gasteiger partial charge in [-0.2, -0.15) is 10.1 Å². The zero-order valence-corrected chi connectivity index (χ0v) is 16.7. The van der Waals surface area contributed by atoms with E-state index in [1.54, 1.807) is 12.3 Å². The molecule has 0 unspecified atom stereocenters. The van der Waals surface area contributed by atoms with E-state index >= 15 is 0 Å². The first-order valence-corrected chi connectivity index (χ1v) is 9.63. The Balaban J connectivity index is 1.68. The van der Waals surface area contributed by atoms with Crippen molar-refractivity contribution < 1.29 is 0 Å². The number of halogens is 1. The van der Waals surface area contributed by atoms with Crippen molar-refractivity contribution in [1.82, 2.24) is 25.1 Å². The molecule has 0 radical (unpaired) electrons. The summed E-state index contributed by atoms with van der Waals surface area (Å²) in [4.78, 5) is 12.8. The molecule has 0 atom stereocenters. The third-order valence-electron chi connectivity index (χ3n) is 4.47. The van der Waals surface area contributed by atoms with Gasteiger partial charge in [0.1, 0.15) is 9.52 Å². The summed E-state index contributed by atoms with van der Waals surface area (Å²) in [5.74, 6) is 0.857. The van der Waals surface area contributed by atoms with Crippen molar-refractivity contribution >= 4 is 61.9 Å². The van der Waals surface area contributed by atoms with Crippen LogP contribution in [0.1, 0.15) is 0 Å². The molecule has 7 nitrogen and oxygen atoms in total. The molecule has 0 bridgehead atoms. The zero-order chi connectivity index (χ0) is 19.1. The number of hydrogen-bond donors (Lipinski definition) is 3. The summed E-state index contributed by atoms with van der Waals surface area (Å²) in [6.45, 7) is 0. The Morgan fingerprint density at radius 2 is 1.93 bits per heavy atom. The van der Waals surface area contributed by atoms with Crippen LogP contribution in [0.25, 0.3) is 32.9 Å². The number of hydrogen-bond acceptors (Lipinski definition) is 6. The molecule has 5 aromatic rings. The number of nitrogens with two attached hydrogens (primary N) is 1. The predicted molar refractivity (Wildman–Crippen MR) is 119 cm³/mol. The van der Waals surface area contributed by atoms with Crippen LogP contribution in [0.4, 0.5) is 17.5 Å². The number of para-hydroxylation sites is 1. The molecule has 0 aliphatic heterocycles. The largest absolute Gasteiger partial charge is 0.368 e. The number of fused-ring (bicyclic) bond motifs is 2. The Morgan fingerprint density at radius 3 is 2.82 bits per heavy atom. The molecule has 0 aliphatic carbocycles. The van der Waals surface area contributed by atoms with E-state index < -0.39 is 0 Å². The maximum absolute atomic E-state index is 5.70. The summed E-state index contributed by atoms with van der Waals surface area (Å²) in [5.41, 5.74) is 10.5. The number of aromatic nitrogens is 5. The lowest BCUT2D eigenvalue weighted by Gasteiger charge is -2.10. The number of aromatic amines is 1. The fourth-order valence-electron chi connectivity index (χ4n) is 3.20. The molecule has 4 N–H and O–H groups in total. The lowest BCUT2D eigenvalue weighted by atomic mass is 10.0. The van der Waals surface area contributed by atoms with Crippen LogP contribution in [0.5, 0.6) is 0 Å². The molecule has 0 spiro atoms. The van der Waals surface area contributed by atoms with Crippen molar-refractivity contribution in [1.29, 1.82) is 0 Å². The lowest BCUT2D eigenvalue weighted by molar-refractivity contribution is 1.09. The summed E-state index contributed by atoms with van der Waals surface area (Å²) >= 11 is 2.23. The van der Waals surface area contributed by atoms with E-state index in [1.807, 2.05) is 30.5 Å². The molecule has 8 heteroatoms. The van der Waals surface area contributed by atoms with Gasteiger partial charge in [0.25, 0.3) is 0 Å². The lowest BCUT2D eigenvalue weighted by Crippen LogP contribution is -1.99. The van der Waals surface area contributed by atoms with E-state index in [9.17, 15) is 0 Å². The molecule has 0 aliphatic rings. The number of nitrogen functional groups attached to an aromatic ring is 1. The second-order valence-electron chi connectivity index (χ2n) is 6.30. The van der Waals surface area contributed by atoms with Crippen molar-refractivity contribution in [2.45, 2.75) is 0 Å². The summed E-state index contributed by atoms with van der Waals surface area (Å²) in [5, 5.41) is 12.9. The van der Waals surface area contributed by atoms with Crippen molar-refractivity contribution in [3.8, 4) is 11.1 Å². The maximum atomic E-state index is 5.70. The SMILES string of the molecule is Nc1nccc(Nc2cc(-c3cnc4ccccc4c3)c3[nH]nc(I)c3c2)n1. The molecule has 0 saturated heterocycles. The van der Waals surface area contributed by atoms with Crippen LogP contribution in [0.15, 0.2) is 60.9 Å². The van der Waals surface area contributed by atoms with E-state index in [0.717, 1.165) is 42.3 Å². The molecule has 0 saturated carbocycles. The molecular weight excluding hydrogens is 465 g/mol. The van der Waals surface area contributed by atoms with E-state index in [-0.39, 0.29) is 5.95 Å². The van der Waals surface area contributed by atoms with E-state index in [2.05, 4.69) is 71.3 Å². The number of benzene rings is 2.